The Bertz CT molecular complexity index is 582. The molecule has 1 N–H and O–H groups in total. The van der Waals surface area contributed by atoms with Crippen molar-refractivity contribution in [3.05, 3.63) is 30.5 Å². The molecule has 20 heavy (non-hydrogen) atoms. The van der Waals surface area contributed by atoms with Crippen LogP contribution in [-0.4, -0.2) is 29.6 Å². The number of aromatic nitrogens is 1. The van der Waals surface area contributed by atoms with Crippen LogP contribution in [0, 0.1) is 0 Å². The van der Waals surface area contributed by atoms with Crippen molar-refractivity contribution < 1.29 is 4.74 Å². The molecule has 1 aliphatic rings. The number of anilines is 1. The molecule has 106 valence electrons. The fourth-order valence-corrected chi connectivity index (χ4v) is 3.84. The van der Waals surface area contributed by atoms with Gasteiger partial charge in [-0.3, -0.25) is 0 Å². The van der Waals surface area contributed by atoms with Gasteiger partial charge in [-0.05, 0) is 48.2 Å². The molecule has 1 unspecified atom stereocenters. The van der Waals surface area contributed by atoms with Crippen LogP contribution in [-0.2, 0) is 0 Å². The maximum atomic E-state index is 5.27. The van der Waals surface area contributed by atoms with Crippen LogP contribution in [0.15, 0.2) is 30.5 Å². The van der Waals surface area contributed by atoms with Gasteiger partial charge in [-0.25, -0.2) is 4.98 Å². The monoisotopic (exact) mass is 288 g/mol. The third-order valence-electron chi connectivity index (χ3n) is 3.74. The van der Waals surface area contributed by atoms with Crippen molar-refractivity contribution in [2.24, 2.45) is 0 Å². The Morgan fingerprint density at radius 1 is 1.35 bits per heavy atom. The Hall–Kier alpha value is -1.42. The third-order valence-corrected chi connectivity index (χ3v) is 5.14. The lowest BCUT2D eigenvalue weighted by atomic mass is 10.1. The predicted molar refractivity (Wildman–Crippen MR) is 86.9 cm³/mol. The maximum Gasteiger partial charge on any atom is 0.133 e. The molecule has 4 heteroatoms. The van der Waals surface area contributed by atoms with E-state index in [0.717, 1.165) is 34.1 Å². The van der Waals surface area contributed by atoms with E-state index in [0.29, 0.717) is 0 Å². The summed E-state index contributed by atoms with van der Waals surface area (Å²) < 4.78 is 5.27. The van der Waals surface area contributed by atoms with Crippen LogP contribution >= 0.6 is 11.8 Å². The molecule has 0 spiro atoms. The van der Waals surface area contributed by atoms with Crippen molar-refractivity contribution in [3.8, 4) is 5.75 Å². The summed E-state index contributed by atoms with van der Waals surface area (Å²) in [7, 11) is 1.70. The van der Waals surface area contributed by atoms with Crippen molar-refractivity contribution in [1.29, 1.82) is 0 Å². The largest absolute Gasteiger partial charge is 0.497 e. The predicted octanol–water partition coefficient (Wildman–Crippen LogP) is 3.94. The first kappa shape index (κ1) is 13.6. The van der Waals surface area contributed by atoms with Crippen LogP contribution in [0.2, 0.25) is 0 Å². The van der Waals surface area contributed by atoms with Crippen molar-refractivity contribution in [2.75, 3.05) is 24.7 Å². The van der Waals surface area contributed by atoms with E-state index in [2.05, 4.69) is 34.2 Å². The smallest absolute Gasteiger partial charge is 0.133 e. The van der Waals surface area contributed by atoms with Gasteiger partial charge in [-0.1, -0.05) is 6.42 Å². The number of nitrogens with zero attached hydrogens (tertiary/aromatic N) is 1. The minimum absolute atomic E-state index is 0.721. The number of methoxy groups -OCH3 is 1. The summed E-state index contributed by atoms with van der Waals surface area (Å²) in [5.74, 6) is 3.17. The van der Waals surface area contributed by atoms with Crippen molar-refractivity contribution in [2.45, 2.75) is 24.5 Å². The molecule has 0 aliphatic carbocycles. The Morgan fingerprint density at radius 3 is 3.10 bits per heavy atom. The molecule has 3 nitrogen and oxygen atoms in total. The number of benzene rings is 1. The fourth-order valence-electron chi connectivity index (χ4n) is 2.60. The van der Waals surface area contributed by atoms with E-state index >= 15 is 0 Å². The molecular weight excluding hydrogens is 268 g/mol. The average molecular weight is 288 g/mol. The first-order valence-corrected chi connectivity index (χ1v) is 8.20. The molecule has 1 atom stereocenters. The molecule has 1 saturated heterocycles. The highest BCUT2D eigenvalue weighted by molar-refractivity contribution is 7.99. The zero-order valence-electron chi connectivity index (χ0n) is 11.8. The van der Waals surface area contributed by atoms with Gasteiger partial charge in [0.2, 0.25) is 0 Å². The molecule has 0 saturated carbocycles. The molecule has 1 fully saturated rings. The number of hydrogen-bond acceptors (Lipinski definition) is 4. The number of rotatable bonds is 4. The van der Waals surface area contributed by atoms with Gasteiger partial charge in [-0.15, -0.1) is 0 Å². The van der Waals surface area contributed by atoms with Gasteiger partial charge in [0.05, 0.1) is 7.11 Å². The summed E-state index contributed by atoms with van der Waals surface area (Å²) >= 11 is 2.08. The highest BCUT2D eigenvalue weighted by Gasteiger charge is 2.14. The van der Waals surface area contributed by atoms with Crippen LogP contribution < -0.4 is 10.1 Å². The van der Waals surface area contributed by atoms with Crippen molar-refractivity contribution in [3.63, 3.8) is 0 Å². The second-order valence-electron chi connectivity index (χ2n) is 5.12. The number of nitrogens with one attached hydrogen (secondary N) is 1. The van der Waals surface area contributed by atoms with Gasteiger partial charge in [0, 0.05) is 23.4 Å². The van der Waals surface area contributed by atoms with E-state index in [1.807, 2.05) is 18.3 Å². The van der Waals surface area contributed by atoms with Crippen LogP contribution in [0.4, 0.5) is 5.82 Å². The second kappa shape index (κ2) is 6.35. The van der Waals surface area contributed by atoms with E-state index < -0.39 is 0 Å². The van der Waals surface area contributed by atoms with Crippen LogP contribution in [0.3, 0.4) is 0 Å². The van der Waals surface area contributed by atoms with Gasteiger partial charge < -0.3 is 10.1 Å². The summed E-state index contributed by atoms with van der Waals surface area (Å²) in [5.41, 5.74) is 0. The summed E-state index contributed by atoms with van der Waals surface area (Å²) in [6, 6.07) is 8.15. The molecule has 1 aromatic carbocycles. The Balaban J connectivity index is 1.76. The van der Waals surface area contributed by atoms with Gasteiger partial charge in [-0.2, -0.15) is 11.8 Å². The summed E-state index contributed by atoms with van der Waals surface area (Å²) in [6.07, 6.45) is 5.90. The first-order valence-electron chi connectivity index (χ1n) is 7.15. The van der Waals surface area contributed by atoms with Gasteiger partial charge in [0.25, 0.3) is 0 Å². The lowest BCUT2D eigenvalue weighted by molar-refractivity contribution is 0.415. The summed E-state index contributed by atoms with van der Waals surface area (Å²) in [4.78, 5) is 4.49. The van der Waals surface area contributed by atoms with E-state index in [1.165, 1.54) is 25.0 Å². The Morgan fingerprint density at radius 2 is 2.30 bits per heavy atom. The minimum atomic E-state index is 0.721. The number of ether oxygens (including phenoxy) is 1. The summed E-state index contributed by atoms with van der Waals surface area (Å²) in [6.45, 7) is 1.00. The standard InChI is InChI=1S/C16H20N2OS/c1-19-13-5-6-15-12(10-13)7-8-17-16(15)18-11-14-4-2-3-9-20-14/h5-8,10,14H,2-4,9,11H2,1H3,(H,17,18). The second-order valence-corrected chi connectivity index (χ2v) is 6.52. The number of pyridine rings is 1. The first-order chi connectivity index (χ1) is 9.86. The van der Waals surface area contributed by atoms with Crippen LogP contribution in [0.5, 0.6) is 5.75 Å². The molecule has 2 aromatic rings. The van der Waals surface area contributed by atoms with E-state index in [9.17, 15) is 0 Å². The average Bonchev–Trinajstić information content (AvgIpc) is 2.53. The quantitative estimate of drug-likeness (QED) is 0.924. The Kier molecular flexibility index (Phi) is 4.31. The highest BCUT2D eigenvalue weighted by atomic mass is 32.2. The topological polar surface area (TPSA) is 34.1 Å². The molecule has 1 aromatic heterocycles. The van der Waals surface area contributed by atoms with Crippen molar-refractivity contribution in [1.82, 2.24) is 4.98 Å². The molecule has 0 bridgehead atoms. The van der Waals surface area contributed by atoms with E-state index in [1.54, 1.807) is 7.11 Å². The zero-order valence-corrected chi connectivity index (χ0v) is 12.6. The van der Waals surface area contributed by atoms with E-state index in [-0.39, 0.29) is 0 Å². The highest BCUT2D eigenvalue weighted by Crippen LogP contribution is 2.28. The lowest BCUT2D eigenvalue weighted by Crippen LogP contribution is -2.20. The van der Waals surface area contributed by atoms with Crippen LogP contribution in [0.1, 0.15) is 19.3 Å². The molecule has 0 amide bonds. The molecule has 1 aliphatic heterocycles. The maximum absolute atomic E-state index is 5.27. The molecule has 2 heterocycles. The third kappa shape index (κ3) is 3.01. The minimum Gasteiger partial charge on any atom is -0.497 e. The number of thioether (sulfide) groups is 1. The summed E-state index contributed by atoms with van der Waals surface area (Å²) in [5, 5.41) is 6.57. The van der Waals surface area contributed by atoms with Crippen molar-refractivity contribution >= 4 is 28.4 Å². The number of hydrogen-bond donors (Lipinski definition) is 1. The van der Waals surface area contributed by atoms with Gasteiger partial charge in [0.1, 0.15) is 11.6 Å². The number of fused-ring (bicyclic) bond motifs is 1. The van der Waals surface area contributed by atoms with E-state index in [4.69, 9.17) is 4.74 Å². The van der Waals surface area contributed by atoms with Crippen LogP contribution in [0.25, 0.3) is 10.8 Å². The lowest BCUT2D eigenvalue weighted by Gasteiger charge is -2.22. The fraction of sp³-hybridized carbons (Fsp3) is 0.438. The Labute approximate surface area is 124 Å². The van der Waals surface area contributed by atoms with Gasteiger partial charge in [0.15, 0.2) is 0 Å². The van der Waals surface area contributed by atoms with Gasteiger partial charge >= 0.3 is 0 Å². The molecular formula is C16H20N2OS. The zero-order chi connectivity index (χ0) is 13.8. The molecule has 3 rings (SSSR count). The normalized spacial score (nSPS) is 18.9. The SMILES string of the molecule is COc1ccc2c(NCC3CCCCS3)nccc2c1. The molecule has 0 radical (unpaired) electrons.